The van der Waals surface area contributed by atoms with E-state index in [9.17, 15) is 13.2 Å². The van der Waals surface area contributed by atoms with Gasteiger partial charge in [-0.15, -0.1) is 11.3 Å². The predicted molar refractivity (Wildman–Crippen MR) is 107 cm³/mol. The van der Waals surface area contributed by atoms with Gasteiger partial charge in [0.15, 0.2) is 9.84 Å². The van der Waals surface area contributed by atoms with Crippen molar-refractivity contribution in [3.05, 3.63) is 52.5 Å². The number of sulfone groups is 1. The molecule has 1 amide bonds. The van der Waals surface area contributed by atoms with Crippen LogP contribution in [0.5, 0.6) is 0 Å². The largest absolute Gasteiger partial charge is 0.345 e. The summed E-state index contributed by atoms with van der Waals surface area (Å²) in [5, 5.41) is 8.49. The molecule has 1 fully saturated rings. The highest BCUT2D eigenvalue weighted by atomic mass is 32.2. The summed E-state index contributed by atoms with van der Waals surface area (Å²) in [6, 6.07) is 11.9. The van der Waals surface area contributed by atoms with Crippen molar-refractivity contribution in [2.24, 2.45) is 0 Å². The highest BCUT2D eigenvalue weighted by Crippen LogP contribution is 2.30. The predicted octanol–water partition coefficient (Wildman–Crippen LogP) is 2.76. The van der Waals surface area contributed by atoms with Crippen LogP contribution in [-0.4, -0.2) is 41.2 Å². The van der Waals surface area contributed by atoms with Gasteiger partial charge in [0, 0.05) is 5.39 Å². The first-order valence-corrected chi connectivity index (χ1v) is 11.4. The second-order valence-electron chi connectivity index (χ2n) is 7.41. The van der Waals surface area contributed by atoms with Gasteiger partial charge >= 0.3 is 0 Å². The highest BCUT2D eigenvalue weighted by Gasteiger charge is 2.39. The Balaban J connectivity index is 1.60. The molecular weight excluding hydrogens is 382 g/mol. The zero-order chi connectivity index (χ0) is 19.2. The zero-order valence-electron chi connectivity index (χ0n) is 15.2. The summed E-state index contributed by atoms with van der Waals surface area (Å²) >= 11 is 1.39. The lowest BCUT2D eigenvalue weighted by molar-refractivity contribution is 0.0919. The number of aromatic nitrogens is 2. The van der Waals surface area contributed by atoms with E-state index in [0.29, 0.717) is 17.8 Å². The number of benzene rings is 1. The maximum Gasteiger partial charge on any atom is 0.261 e. The lowest BCUT2D eigenvalue weighted by Crippen LogP contribution is -2.46. The zero-order valence-corrected chi connectivity index (χ0v) is 16.9. The SMILES string of the molecule is Cc1nn(Cc2ccccc2)c2sc(C(=O)N[C@]3(C)CCS(=O)(=O)C3)cc12. The third kappa shape index (κ3) is 3.64. The number of nitrogens with one attached hydrogen (secondary N) is 1. The van der Waals surface area contributed by atoms with E-state index < -0.39 is 15.4 Å². The fraction of sp³-hybridized carbons (Fsp3) is 0.368. The van der Waals surface area contributed by atoms with Crippen LogP contribution in [0.1, 0.15) is 34.3 Å². The minimum Gasteiger partial charge on any atom is -0.345 e. The van der Waals surface area contributed by atoms with Crippen molar-refractivity contribution in [3.63, 3.8) is 0 Å². The Morgan fingerprint density at radius 1 is 1.33 bits per heavy atom. The van der Waals surface area contributed by atoms with Crippen molar-refractivity contribution in [1.29, 1.82) is 0 Å². The van der Waals surface area contributed by atoms with Gasteiger partial charge in [0.25, 0.3) is 5.91 Å². The van der Waals surface area contributed by atoms with Gasteiger partial charge < -0.3 is 5.32 Å². The minimum atomic E-state index is -3.07. The number of nitrogens with zero attached hydrogens (tertiary/aromatic N) is 2. The van der Waals surface area contributed by atoms with E-state index in [0.717, 1.165) is 21.5 Å². The van der Waals surface area contributed by atoms with Crippen LogP contribution in [0.3, 0.4) is 0 Å². The fourth-order valence-electron chi connectivity index (χ4n) is 3.53. The molecule has 1 aliphatic heterocycles. The van der Waals surface area contributed by atoms with Crippen molar-refractivity contribution < 1.29 is 13.2 Å². The summed E-state index contributed by atoms with van der Waals surface area (Å²) in [5.41, 5.74) is 1.33. The smallest absolute Gasteiger partial charge is 0.261 e. The first-order chi connectivity index (χ1) is 12.7. The van der Waals surface area contributed by atoms with Gasteiger partial charge in [-0.05, 0) is 31.9 Å². The summed E-state index contributed by atoms with van der Waals surface area (Å²) in [5.74, 6) is -0.0971. The van der Waals surface area contributed by atoms with Crippen molar-refractivity contribution in [1.82, 2.24) is 15.1 Å². The van der Waals surface area contributed by atoms with E-state index in [1.807, 2.05) is 48.0 Å². The Labute approximate surface area is 162 Å². The average molecular weight is 404 g/mol. The Kier molecular flexibility index (Phi) is 4.35. The number of carbonyl (C=O) groups excluding carboxylic acids is 1. The van der Waals surface area contributed by atoms with E-state index in [1.54, 1.807) is 6.92 Å². The quantitative estimate of drug-likeness (QED) is 0.726. The lowest BCUT2D eigenvalue weighted by atomic mass is 10.0. The van der Waals surface area contributed by atoms with E-state index in [-0.39, 0.29) is 17.4 Å². The Bertz CT molecular complexity index is 1120. The van der Waals surface area contributed by atoms with Crippen LogP contribution in [0.25, 0.3) is 10.2 Å². The monoisotopic (exact) mass is 403 g/mol. The van der Waals surface area contributed by atoms with Gasteiger partial charge in [-0.3, -0.25) is 9.48 Å². The number of fused-ring (bicyclic) bond motifs is 1. The van der Waals surface area contributed by atoms with Gasteiger partial charge in [0.1, 0.15) is 4.83 Å². The maximum atomic E-state index is 12.7. The average Bonchev–Trinajstić information content (AvgIpc) is 3.23. The number of amides is 1. The van der Waals surface area contributed by atoms with Gasteiger partial charge in [-0.25, -0.2) is 8.42 Å². The van der Waals surface area contributed by atoms with E-state index in [2.05, 4.69) is 10.4 Å². The maximum absolute atomic E-state index is 12.7. The molecule has 0 bridgehead atoms. The lowest BCUT2D eigenvalue weighted by Gasteiger charge is -2.23. The van der Waals surface area contributed by atoms with Crippen LogP contribution in [0.15, 0.2) is 36.4 Å². The number of thiophene rings is 1. The van der Waals surface area contributed by atoms with Crippen LogP contribution in [-0.2, 0) is 16.4 Å². The molecule has 0 radical (unpaired) electrons. The molecule has 0 spiro atoms. The molecule has 8 heteroatoms. The van der Waals surface area contributed by atoms with Gasteiger partial charge in [-0.2, -0.15) is 5.10 Å². The van der Waals surface area contributed by atoms with Gasteiger partial charge in [0.2, 0.25) is 0 Å². The summed E-state index contributed by atoms with van der Waals surface area (Å²) in [7, 11) is -3.07. The number of aryl methyl sites for hydroxylation is 1. The van der Waals surface area contributed by atoms with Gasteiger partial charge in [-0.1, -0.05) is 30.3 Å². The molecule has 3 heterocycles. The molecule has 2 aromatic heterocycles. The molecule has 142 valence electrons. The first kappa shape index (κ1) is 18.2. The normalized spacial score (nSPS) is 21.6. The topological polar surface area (TPSA) is 81.1 Å². The van der Waals surface area contributed by atoms with Crippen molar-refractivity contribution >= 4 is 37.3 Å². The molecule has 1 atom stereocenters. The summed E-state index contributed by atoms with van der Waals surface area (Å²) in [6.45, 7) is 4.37. The first-order valence-electron chi connectivity index (χ1n) is 8.79. The Hall–Kier alpha value is -2.19. The number of hydrogen-bond acceptors (Lipinski definition) is 5. The Morgan fingerprint density at radius 3 is 2.74 bits per heavy atom. The molecule has 0 unspecified atom stereocenters. The number of carbonyl (C=O) groups is 1. The fourth-order valence-corrected chi connectivity index (χ4v) is 6.68. The number of rotatable bonds is 4. The molecule has 1 N–H and O–H groups in total. The molecule has 0 aliphatic carbocycles. The molecule has 4 rings (SSSR count). The van der Waals surface area contributed by atoms with Crippen LogP contribution >= 0.6 is 11.3 Å². The van der Waals surface area contributed by atoms with Crippen LogP contribution in [0.4, 0.5) is 0 Å². The molecular formula is C19H21N3O3S2. The second kappa shape index (κ2) is 6.45. The molecule has 27 heavy (non-hydrogen) atoms. The molecule has 0 saturated carbocycles. The van der Waals surface area contributed by atoms with Crippen molar-refractivity contribution in [2.45, 2.75) is 32.4 Å². The molecule has 1 aromatic carbocycles. The van der Waals surface area contributed by atoms with E-state index >= 15 is 0 Å². The second-order valence-corrected chi connectivity index (χ2v) is 10.6. The molecule has 6 nitrogen and oxygen atoms in total. The van der Waals surface area contributed by atoms with E-state index in [4.69, 9.17) is 0 Å². The van der Waals surface area contributed by atoms with Gasteiger partial charge in [0.05, 0.1) is 34.2 Å². The Morgan fingerprint density at radius 2 is 2.07 bits per heavy atom. The number of hydrogen-bond donors (Lipinski definition) is 1. The highest BCUT2D eigenvalue weighted by molar-refractivity contribution is 7.91. The molecule has 1 saturated heterocycles. The van der Waals surface area contributed by atoms with Crippen LogP contribution < -0.4 is 5.32 Å². The third-order valence-corrected chi connectivity index (χ3v) is 7.98. The van der Waals surface area contributed by atoms with Crippen molar-refractivity contribution in [2.75, 3.05) is 11.5 Å². The summed E-state index contributed by atoms with van der Waals surface area (Å²) in [4.78, 5) is 14.3. The third-order valence-electron chi connectivity index (χ3n) is 4.92. The standard InChI is InChI=1S/C19H21N3O3S2/c1-13-15-10-16(17(23)20-19(2)8-9-27(24,25)12-19)26-18(15)22(21-13)11-14-6-4-3-5-7-14/h3-7,10H,8-9,11-12H2,1-2H3,(H,20,23)/t19-/m1/s1. The summed E-state index contributed by atoms with van der Waals surface area (Å²) < 4.78 is 25.5. The van der Waals surface area contributed by atoms with Crippen LogP contribution in [0, 0.1) is 6.92 Å². The summed E-state index contributed by atoms with van der Waals surface area (Å²) in [6.07, 6.45) is 0.451. The van der Waals surface area contributed by atoms with E-state index in [1.165, 1.54) is 11.3 Å². The molecule has 1 aliphatic rings. The minimum absolute atomic E-state index is 0.00253. The van der Waals surface area contributed by atoms with Crippen molar-refractivity contribution in [3.8, 4) is 0 Å². The molecule has 3 aromatic rings. The van der Waals surface area contributed by atoms with Crippen LogP contribution in [0.2, 0.25) is 0 Å².